The third-order valence-corrected chi connectivity index (χ3v) is 1.11. The monoisotopic (exact) mass is 148 g/mol. The smallest absolute Gasteiger partial charge is 0.397 e. The largest absolute Gasteiger partial charge is 0.513 e. The number of methoxy groups -OCH3 is 2. The number of rotatable bonds is 2. The van der Waals surface area contributed by atoms with Gasteiger partial charge in [0, 0.05) is 14.2 Å². The van der Waals surface area contributed by atoms with Gasteiger partial charge in [-0.3, -0.25) is 0 Å². The maximum Gasteiger partial charge on any atom is 0.513 e. The zero-order valence-corrected chi connectivity index (χ0v) is 5.70. The van der Waals surface area contributed by atoms with E-state index in [1.807, 2.05) is 0 Å². The Labute approximate surface area is 57.8 Å². The van der Waals surface area contributed by atoms with Gasteiger partial charge in [-0.05, 0) is 0 Å². The van der Waals surface area contributed by atoms with Crippen molar-refractivity contribution in [1.29, 1.82) is 0 Å². The predicted octanol–water partition coefficient (Wildman–Crippen LogP) is 0.0982. The van der Waals surface area contributed by atoms with Gasteiger partial charge < -0.3 is 18.9 Å². The van der Waals surface area contributed by atoms with Gasteiger partial charge in [0.1, 0.15) is 0 Å². The number of ether oxygens (including phenoxy) is 4. The molecule has 0 aromatic carbocycles. The van der Waals surface area contributed by atoms with Crippen LogP contribution in [0.25, 0.3) is 0 Å². The van der Waals surface area contributed by atoms with Gasteiger partial charge in [-0.2, -0.15) is 0 Å². The molecule has 0 aromatic rings. The second-order valence-electron chi connectivity index (χ2n) is 1.69. The highest BCUT2D eigenvalue weighted by Crippen LogP contribution is 2.15. The molecule has 1 aliphatic rings. The fourth-order valence-corrected chi connectivity index (χ4v) is 0.647. The third kappa shape index (κ3) is 1.19. The molecular weight excluding hydrogens is 140 g/mol. The molecule has 5 nitrogen and oxygen atoms in total. The van der Waals surface area contributed by atoms with Crippen LogP contribution in [-0.4, -0.2) is 33.0 Å². The van der Waals surface area contributed by atoms with E-state index in [0.29, 0.717) is 0 Å². The average molecular weight is 148 g/mol. The van der Waals surface area contributed by atoms with E-state index >= 15 is 0 Å². The van der Waals surface area contributed by atoms with Gasteiger partial charge in [-0.1, -0.05) is 0 Å². The molecule has 0 aliphatic carbocycles. The van der Waals surface area contributed by atoms with Crippen LogP contribution < -0.4 is 0 Å². The fourth-order valence-electron chi connectivity index (χ4n) is 0.647. The van der Waals surface area contributed by atoms with Crippen molar-refractivity contribution in [1.82, 2.24) is 0 Å². The number of carbonyl (C=O) groups excluding carboxylic acids is 1. The molecule has 1 saturated heterocycles. The fraction of sp³-hybridized carbons (Fsp3) is 0.800. The van der Waals surface area contributed by atoms with Gasteiger partial charge in [0.05, 0.1) is 0 Å². The minimum atomic E-state index is -0.765. The number of hydrogen-bond acceptors (Lipinski definition) is 5. The first-order valence-electron chi connectivity index (χ1n) is 2.71. The first-order chi connectivity index (χ1) is 4.77. The molecule has 0 spiro atoms. The molecule has 1 rings (SSSR count). The molecule has 0 N–H and O–H groups in total. The summed E-state index contributed by atoms with van der Waals surface area (Å²) in [5, 5.41) is 0. The normalized spacial score (nSPS) is 31.6. The second-order valence-corrected chi connectivity index (χ2v) is 1.69. The van der Waals surface area contributed by atoms with E-state index in [1.165, 1.54) is 14.2 Å². The molecule has 2 atom stereocenters. The van der Waals surface area contributed by atoms with Crippen LogP contribution in [0.3, 0.4) is 0 Å². The summed E-state index contributed by atoms with van der Waals surface area (Å²) in [7, 11) is 2.80. The minimum absolute atomic E-state index is 0.738. The SMILES string of the molecule is CO[C@H]1OC(=O)O[C@@H]1OC. The highest BCUT2D eigenvalue weighted by atomic mass is 16.9. The van der Waals surface area contributed by atoms with E-state index < -0.39 is 18.7 Å². The van der Waals surface area contributed by atoms with Crippen LogP contribution in [0.4, 0.5) is 4.79 Å². The summed E-state index contributed by atoms with van der Waals surface area (Å²) in [5.41, 5.74) is 0. The van der Waals surface area contributed by atoms with E-state index in [1.54, 1.807) is 0 Å². The van der Waals surface area contributed by atoms with Crippen molar-refractivity contribution in [2.75, 3.05) is 14.2 Å². The Hall–Kier alpha value is -0.810. The van der Waals surface area contributed by atoms with Gasteiger partial charge in [-0.25, -0.2) is 4.79 Å². The molecule has 0 bridgehead atoms. The van der Waals surface area contributed by atoms with E-state index in [0.717, 1.165) is 0 Å². The number of carbonyl (C=O) groups is 1. The molecule has 0 aromatic heterocycles. The lowest BCUT2D eigenvalue weighted by Gasteiger charge is -2.10. The van der Waals surface area contributed by atoms with Crippen molar-refractivity contribution >= 4 is 6.16 Å². The van der Waals surface area contributed by atoms with Crippen LogP contribution in [0.15, 0.2) is 0 Å². The van der Waals surface area contributed by atoms with Crippen LogP contribution >= 0.6 is 0 Å². The highest BCUT2D eigenvalue weighted by Gasteiger charge is 2.36. The molecule has 0 amide bonds. The van der Waals surface area contributed by atoms with E-state index in [9.17, 15) is 4.79 Å². The minimum Gasteiger partial charge on any atom is -0.397 e. The summed E-state index contributed by atoms with van der Waals surface area (Å²) in [6.07, 6.45) is -2.24. The van der Waals surface area contributed by atoms with Crippen molar-refractivity contribution in [3.8, 4) is 0 Å². The molecule has 1 aliphatic heterocycles. The van der Waals surface area contributed by atoms with Gasteiger partial charge in [0.25, 0.3) is 12.6 Å². The Kier molecular flexibility index (Phi) is 2.08. The lowest BCUT2D eigenvalue weighted by Crippen LogP contribution is -2.25. The quantitative estimate of drug-likeness (QED) is 0.520. The maximum atomic E-state index is 10.4. The summed E-state index contributed by atoms with van der Waals surface area (Å²) < 4.78 is 18.4. The first-order valence-corrected chi connectivity index (χ1v) is 2.71. The summed E-state index contributed by atoms with van der Waals surface area (Å²) in [6.45, 7) is 0. The van der Waals surface area contributed by atoms with Gasteiger partial charge in [0.15, 0.2) is 0 Å². The Bertz CT molecular complexity index is 120. The van der Waals surface area contributed by atoms with E-state index in [4.69, 9.17) is 9.47 Å². The van der Waals surface area contributed by atoms with Crippen molar-refractivity contribution in [2.45, 2.75) is 12.6 Å². The lowest BCUT2D eigenvalue weighted by molar-refractivity contribution is -0.166. The maximum absolute atomic E-state index is 10.4. The topological polar surface area (TPSA) is 54.0 Å². The van der Waals surface area contributed by atoms with Crippen molar-refractivity contribution in [3.05, 3.63) is 0 Å². The van der Waals surface area contributed by atoms with Gasteiger partial charge in [-0.15, -0.1) is 0 Å². The molecule has 1 fully saturated rings. The van der Waals surface area contributed by atoms with Crippen LogP contribution in [0.1, 0.15) is 0 Å². The summed E-state index contributed by atoms with van der Waals surface area (Å²) in [4.78, 5) is 10.4. The number of cyclic esters (lactones) is 2. The van der Waals surface area contributed by atoms with Gasteiger partial charge in [0.2, 0.25) is 0 Å². The Morgan fingerprint density at radius 2 is 1.60 bits per heavy atom. The van der Waals surface area contributed by atoms with Crippen LogP contribution in [0.2, 0.25) is 0 Å². The zero-order chi connectivity index (χ0) is 7.56. The van der Waals surface area contributed by atoms with Gasteiger partial charge >= 0.3 is 6.16 Å². The molecule has 1 heterocycles. The zero-order valence-electron chi connectivity index (χ0n) is 5.70. The summed E-state index contributed by atoms with van der Waals surface area (Å²) in [5.74, 6) is 0. The van der Waals surface area contributed by atoms with Crippen LogP contribution in [-0.2, 0) is 18.9 Å². The van der Waals surface area contributed by atoms with E-state index in [-0.39, 0.29) is 0 Å². The predicted molar refractivity (Wildman–Crippen MR) is 29.2 cm³/mol. The number of hydrogen-bond donors (Lipinski definition) is 0. The van der Waals surface area contributed by atoms with Crippen LogP contribution in [0.5, 0.6) is 0 Å². The third-order valence-electron chi connectivity index (χ3n) is 1.11. The second kappa shape index (κ2) is 2.85. The molecule has 5 heteroatoms. The molecule has 10 heavy (non-hydrogen) atoms. The molecule has 0 saturated carbocycles. The summed E-state index contributed by atoms with van der Waals surface area (Å²) in [6, 6.07) is 0. The highest BCUT2D eigenvalue weighted by molar-refractivity contribution is 5.61. The lowest BCUT2D eigenvalue weighted by atomic mass is 10.6. The van der Waals surface area contributed by atoms with E-state index in [2.05, 4.69) is 9.47 Å². The van der Waals surface area contributed by atoms with Crippen molar-refractivity contribution < 1.29 is 23.7 Å². The van der Waals surface area contributed by atoms with Crippen molar-refractivity contribution in [2.24, 2.45) is 0 Å². The summed E-state index contributed by atoms with van der Waals surface area (Å²) >= 11 is 0. The average Bonchev–Trinajstić information content (AvgIpc) is 2.30. The molecule has 0 unspecified atom stereocenters. The van der Waals surface area contributed by atoms with Crippen molar-refractivity contribution in [3.63, 3.8) is 0 Å². The molecular formula is C5H8O5. The Morgan fingerprint density at radius 3 is 1.90 bits per heavy atom. The first kappa shape index (κ1) is 7.30. The van der Waals surface area contributed by atoms with Crippen LogP contribution in [0, 0.1) is 0 Å². The Balaban J connectivity index is 2.48. The molecule has 0 radical (unpaired) electrons. The Morgan fingerprint density at radius 1 is 1.20 bits per heavy atom. The standard InChI is InChI=1S/C5H8O5/c1-7-3-4(8-2)10-5(6)9-3/h3-4H,1-2H3/t3-,4-/m0/s1. The molecule has 58 valence electrons.